The average Bonchev–Trinajstić information content (AvgIpc) is 2.43. The fraction of sp³-hybridized carbons (Fsp3) is 0.333. The summed E-state index contributed by atoms with van der Waals surface area (Å²) in [6.07, 6.45) is 0. The fourth-order valence-electron chi connectivity index (χ4n) is 1.92. The Labute approximate surface area is 117 Å². The predicted molar refractivity (Wildman–Crippen MR) is 76.1 cm³/mol. The van der Waals surface area contributed by atoms with Gasteiger partial charge >= 0.3 is 0 Å². The molecule has 0 radical (unpaired) electrons. The molecule has 0 fully saturated rings. The van der Waals surface area contributed by atoms with Gasteiger partial charge in [0.15, 0.2) is 0 Å². The van der Waals surface area contributed by atoms with Crippen LogP contribution < -0.4 is 5.32 Å². The molecule has 0 saturated heterocycles. The number of aliphatic hydroxyl groups is 1. The van der Waals surface area contributed by atoms with Crippen LogP contribution in [0.4, 0.5) is 10.3 Å². The number of aryl methyl sites for hydroxylation is 2. The molecule has 2 N–H and O–H groups in total. The number of hydrogen-bond acceptors (Lipinski definition) is 4. The van der Waals surface area contributed by atoms with Crippen molar-refractivity contribution in [2.45, 2.75) is 26.8 Å². The second-order valence-electron chi connectivity index (χ2n) is 4.77. The Balaban J connectivity index is 2.24. The van der Waals surface area contributed by atoms with Gasteiger partial charge in [0.05, 0.1) is 12.6 Å². The number of hydrogen-bond donors (Lipinski definition) is 2. The molecule has 2 aromatic rings. The van der Waals surface area contributed by atoms with Gasteiger partial charge in [-0.1, -0.05) is 12.1 Å². The molecular weight excluding hydrogens is 257 g/mol. The number of halogens is 1. The number of nitrogens with zero attached hydrogens (tertiary/aromatic N) is 2. The van der Waals surface area contributed by atoms with Crippen molar-refractivity contribution in [3.8, 4) is 0 Å². The molecule has 5 heteroatoms. The van der Waals surface area contributed by atoms with Gasteiger partial charge in [-0.3, -0.25) is 0 Å². The summed E-state index contributed by atoms with van der Waals surface area (Å²) in [6, 6.07) is 5.64. The SMILES string of the molecule is Cc1nc(NC(CO)c2ccc(F)cc2)nc(C)c1C. The normalized spacial score (nSPS) is 12.2. The molecule has 1 atom stereocenters. The van der Waals surface area contributed by atoms with Crippen LogP contribution in [0.3, 0.4) is 0 Å². The molecule has 1 aromatic carbocycles. The maximum atomic E-state index is 12.9. The van der Waals surface area contributed by atoms with E-state index < -0.39 is 0 Å². The van der Waals surface area contributed by atoms with E-state index in [1.165, 1.54) is 12.1 Å². The Hall–Kier alpha value is -2.01. The lowest BCUT2D eigenvalue weighted by atomic mass is 10.1. The summed E-state index contributed by atoms with van der Waals surface area (Å²) >= 11 is 0. The van der Waals surface area contributed by atoms with E-state index in [0.29, 0.717) is 5.95 Å². The van der Waals surface area contributed by atoms with Crippen LogP contribution in [0.2, 0.25) is 0 Å². The molecule has 1 unspecified atom stereocenters. The van der Waals surface area contributed by atoms with Crippen molar-refractivity contribution in [3.05, 3.63) is 52.6 Å². The molecule has 0 aliphatic carbocycles. The third-order valence-electron chi connectivity index (χ3n) is 3.39. The van der Waals surface area contributed by atoms with Crippen LogP contribution in [-0.4, -0.2) is 21.7 Å². The van der Waals surface area contributed by atoms with Gasteiger partial charge in [-0.25, -0.2) is 14.4 Å². The van der Waals surface area contributed by atoms with Crippen molar-refractivity contribution in [2.75, 3.05) is 11.9 Å². The van der Waals surface area contributed by atoms with Crippen LogP contribution in [0, 0.1) is 26.6 Å². The molecule has 1 heterocycles. The van der Waals surface area contributed by atoms with Crippen molar-refractivity contribution in [2.24, 2.45) is 0 Å². The van der Waals surface area contributed by atoms with Crippen LogP contribution in [0.15, 0.2) is 24.3 Å². The lowest BCUT2D eigenvalue weighted by Gasteiger charge is -2.18. The largest absolute Gasteiger partial charge is 0.394 e. The molecule has 0 bridgehead atoms. The molecule has 2 rings (SSSR count). The molecule has 0 amide bonds. The van der Waals surface area contributed by atoms with E-state index in [0.717, 1.165) is 22.5 Å². The van der Waals surface area contributed by atoms with Gasteiger partial charge in [0.25, 0.3) is 0 Å². The Morgan fingerprint density at radius 3 is 2.15 bits per heavy atom. The highest BCUT2D eigenvalue weighted by Gasteiger charge is 2.13. The van der Waals surface area contributed by atoms with E-state index in [9.17, 15) is 9.50 Å². The molecule has 1 aromatic heterocycles. The Kier molecular flexibility index (Phi) is 4.29. The monoisotopic (exact) mass is 275 g/mol. The topological polar surface area (TPSA) is 58.0 Å². The van der Waals surface area contributed by atoms with E-state index in [2.05, 4.69) is 15.3 Å². The van der Waals surface area contributed by atoms with Gasteiger partial charge in [0, 0.05) is 11.4 Å². The zero-order valence-corrected chi connectivity index (χ0v) is 11.8. The summed E-state index contributed by atoms with van der Waals surface area (Å²) in [5.74, 6) is 0.165. The van der Waals surface area contributed by atoms with Gasteiger partial charge in [-0.15, -0.1) is 0 Å². The minimum atomic E-state index is -0.364. The van der Waals surface area contributed by atoms with Crippen molar-refractivity contribution in [1.82, 2.24) is 9.97 Å². The number of nitrogens with one attached hydrogen (secondary N) is 1. The molecule has 0 aliphatic rings. The first-order valence-corrected chi connectivity index (χ1v) is 6.46. The third-order valence-corrected chi connectivity index (χ3v) is 3.39. The van der Waals surface area contributed by atoms with Crippen molar-refractivity contribution in [3.63, 3.8) is 0 Å². The highest BCUT2D eigenvalue weighted by molar-refractivity contribution is 5.36. The molecule has 0 aliphatic heterocycles. The van der Waals surface area contributed by atoms with Gasteiger partial charge in [-0.2, -0.15) is 0 Å². The maximum Gasteiger partial charge on any atom is 0.223 e. The average molecular weight is 275 g/mol. The van der Waals surface area contributed by atoms with E-state index in [4.69, 9.17) is 0 Å². The number of anilines is 1. The number of aromatic nitrogens is 2. The number of rotatable bonds is 4. The second kappa shape index (κ2) is 5.96. The highest BCUT2D eigenvalue weighted by atomic mass is 19.1. The minimum absolute atomic E-state index is 0.124. The van der Waals surface area contributed by atoms with Crippen LogP contribution in [0.25, 0.3) is 0 Å². The number of benzene rings is 1. The van der Waals surface area contributed by atoms with Crippen LogP contribution in [0.5, 0.6) is 0 Å². The quantitative estimate of drug-likeness (QED) is 0.900. The molecular formula is C15H18FN3O. The maximum absolute atomic E-state index is 12.9. The first-order chi connectivity index (χ1) is 9.51. The zero-order valence-electron chi connectivity index (χ0n) is 11.8. The summed E-state index contributed by atoms with van der Waals surface area (Å²) in [5.41, 5.74) is 3.64. The molecule has 4 nitrogen and oxygen atoms in total. The summed E-state index contributed by atoms with van der Waals surface area (Å²) < 4.78 is 12.9. The Morgan fingerprint density at radius 1 is 1.10 bits per heavy atom. The lowest BCUT2D eigenvalue weighted by molar-refractivity contribution is 0.275. The van der Waals surface area contributed by atoms with Crippen molar-refractivity contribution >= 4 is 5.95 Å². The van der Waals surface area contributed by atoms with E-state index in [1.54, 1.807) is 12.1 Å². The predicted octanol–water partition coefficient (Wildman–Crippen LogP) is 2.69. The van der Waals surface area contributed by atoms with E-state index in [1.807, 2.05) is 20.8 Å². The lowest BCUT2D eigenvalue weighted by Crippen LogP contribution is -2.17. The van der Waals surface area contributed by atoms with Gasteiger partial charge in [0.2, 0.25) is 5.95 Å². The molecule has 106 valence electrons. The van der Waals surface area contributed by atoms with Gasteiger partial charge < -0.3 is 10.4 Å². The molecule has 20 heavy (non-hydrogen) atoms. The third kappa shape index (κ3) is 3.11. The van der Waals surface area contributed by atoms with Crippen molar-refractivity contribution in [1.29, 1.82) is 0 Å². The Bertz CT molecular complexity index is 576. The van der Waals surface area contributed by atoms with E-state index >= 15 is 0 Å². The first-order valence-electron chi connectivity index (χ1n) is 6.46. The highest BCUT2D eigenvalue weighted by Crippen LogP contribution is 2.19. The van der Waals surface area contributed by atoms with Crippen LogP contribution in [0.1, 0.15) is 28.6 Å². The van der Waals surface area contributed by atoms with E-state index in [-0.39, 0.29) is 18.5 Å². The summed E-state index contributed by atoms with van der Waals surface area (Å²) in [4.78, 5) is 8.71. The number of aliphatic hydroxyl groups excluding tert-OH is 1. The van der Waals surface area contributed by atoms with Gasteiger partial charge in [-0.05, 0) is 44.0 Å². The summed E-state index contributed by atoms with van der Waals surface area (Å²) in [6.45, 7) is 5.68. The fourth-order valence-corrected chi connectivity index (χ4v) is 1.92. The minimum Gasteiger partial charge on any atom is -0.394 e. The smallest absolute Gasteiger partial charge is 0.223 e. The zero-order chi connectivity index (χ0) is 14.7. The van der Waals surface area contributed by atoms with Gasteiger partial charge in [0.1, 0.15) is 5.82 Å². The van der Waals surface area contributed by atoms with Crippen LogP contribution in [-0.2, 0) is 0 Å². The second-order valence-corrected chi connectivity index (χ2v) is 4.77. The summed E-state index contributed by atoms with van der Waals surface area (Å²) in [5, 5.41) is 12.6. The molecule has 0 saturated carbocycles. The van der Waals surface area contributed by atoms with Crippen molar-refractivity contribution < 1.29 is 9.50 Å². The summed E-state index contributed by atoms with van der Waals surface area (Å²) in [7, 11) is 0. The first kappa shape index (κ1) is 14.4. The Morgan fingerprint density at radius 2 is 1.65 bits per heavy atom. The van der Waals surface area contributed by atoms with Crippen LogP contribution >= 0.6 is 0 Å². The standard InChI is InChI=1S/C15H18FN3O/c1-9-10(2)17-15(18-11(9)3)19-14(8-20)12-4-6-13(16)7-5-12/h4-7,14,20H,8H2,1-3H3,(H,17,18,19). The molecule has 0 spiro atoms.